The maximum absolute atomic E-state index is 12.7. The van der Waals surface area contributed by atoms with Crippen LogP contribution in [0.5, 0.6) is 0 Å². The summed E-state index contributed by atoms with van der Waals surface area (Å²) in [5.41, 5.74) is 4.37. The third-order valence-electron chi connectivity index (χ3n) is 2.08. The summed E-state index contributed by atoms with van der Waals surface area (Å²) in [6, 6.07) is 0. The molecule has 1 heterocycles. The van der Waals surface area contributed by atoms with Gasteiger partial charge in [-0.1, -0.05) is 0 Å². The average Bonchev–Trinajstić information content (AvgIpc) is 1.58. The lowest BCUT2D eigenvalue weighted by Gasteiger charge is -2.44. The molecule has 0 bridgehead atoms. The quantitative estimate of drug-likeness (QED) is 0.671. The molecule has 0 aromatic rings. The van der Waals surface area contributed by atoms with Gasteiger partial charge < -0.3 is 5.73 Å². The topological polar surface area (TPSA) is 26.0 Å². The van der Waals surface area contributed by atoms with E-state index in [4.69, 9.17) is 5.73 Å². The van der Waals surface area contributed by atoms with Gasteiger partial charge in [-0.2, -0.15) is 11.8 Å². The minimum Gasteiger partial charge on any atom is -0.330 e. The van der Waals surface area contributed by atoms with Crippen molar-refractivity contribution in [3.63, 3.8) is 0 Å². The molecule has 0 saturated carbocycles. The van der Waals surface area contributed by atoms with Crippen molar-refractivity contribution in [1.82, 2.24) is 0 Å². The first kappa shape index (κ1) is 8.27. The second kappa shape index (κ2) is 2.34. The van der Waals surface area contributed by atoms with Crippen LogP contribution in [0.4, 0.5) is 8.78 Å². The Hall–Kier alpha value is 0.170. The first-order chi connectivity index (χ1) is 4.52. The maximum atomic E-state index is 12.7. The van der Waals surface area contributed by atoms with Gasteiger partial charge in [0, 0.05) is 25.0 Å². The van der Waals surface area contributed by atoms with Gasteiger partial charge in [0.25, 0.3) is 5.92 Å². The number of halogens is 2. The average molecular weight is 167 g/mol. The van der Waals surface area contributed by atoms with Crippen molar-refractivity contribution >= 4 is 11.8 Å². The van der Waals surface area contributed by atoms with Crippen molar-refractivity contribution in [2.45, 2.75) is 12.8 Å². The molecule has 1 nitrogen and oxygen atoms in total. The molecule has 0 atom stereocenters. The fraction of sp³-hybridized carbons (Fsp3) is 1.00. The van der Waals surface area contributed by atoms with Crippen molar-refractivity contribution in [2.75, 3.05) is 18.1 Å². The van der Waals surface area contributed by atoms with E-state index in [1.807, 2.05) is 0 Å². The monoisotopic (exact) mass is 167 g/mol. The van der Waals surface area contributed by atoms with E-state index in [0.717, 1.165) is 6.92 Å². The molecule has 1 rings (SSSR count). The van der Waals surface area contributed by atoms with E-state index >= 15 is 0 Å². The predicted octanol–water partition coefficient (Wildman–Crippen LogP) is 1.33. The molecule has 0 aliphatic carbocycles. The highest BCUT2D eigenvalue weighted by atomic mass is 32.2. The smallest absolute Gasteiger partial charge is 0.253 e. The van der Waals surface area contributed by atoms with Crippen molar-refractivity contribution in [3.05, 3.63) is 0 Å². The van der Waals surface area contributed by atoms with Gasteiger partial charge in [-0.25, -0.2) is 8.78 Å². The second-order valence-corrected chi connectivity index (χ2v) is 3.85. The molecule has 1 aliphatic heterocycles. The van der Waals surface area contributed by atoms with Crippen LogP contribution in [0.3, 0.4) is 0 Å². The fourth-order valence-corrected chi connectivity index (χ4v) is 2.34. The molecule has 60 valence electrons. The Morgan fingerprint density at radius 1 is 1.60 bits per heavy atom. The lowest BCUT2D eigenvalue weighted by molar-refractivity contribution is -0.0836. The summed E-state index contributed by atoms with van der Waals surface area (Å²) in [7, 11) is 0. The third-order valence-corrected chi connectivity index (χ3v) is 3.59. The second-order valence-electron chi connectivity index (χ2n) is 2.87. The minimum atomic E-state index is -2.60. The van der Waals surface area contributed by atoms with Crippen LogP contribution in [0.25, 0.3) is 0 Å². The van der Waals surface area contributed by atoms with Gasteiger partial charge in [0.05, 0.1) is 5.41 Å². The highest BCUT2D eigenvalue weighted by molar-refractivity contribution is 8.00. The lowest BCUT2D eigenvalue weighted by Crippen LogP contribution is -2.54. The van der Waals surface area contributed by atoms with Gasteiger partial charge in [-0.05, 0) is 0 Å². The standard InChI is InChI=1S/C6H11F2NS/c1-5(7,8)6(2-9)3-10-4-6/h2-4,9H2,1H3. The van der Waals surface area contributed by atoms with Gasteiger partial charge in [0.2, 0.25) is 0 Å². The molecule has 4 heteroatoms. The number of thioether (sulfide) groups is 1. The Kier molecular flexibility index (Phi) is 1.94. The molecule has 0 amide bonds. The SMILES string of the molecule is CC(F)(F)C1(CN)CSC1. The number of alkyl halides is 2. The van der Waals surface area contributed by atoms with Crippen molar-refractivity contribution in [2.24, 2.45) is 11.1 Å². The Balaban J connectivity index is 2.65. The summed E-state index contributed by atoms with van der Waals surface area (Å²) in [5, 5.41) is 0. The summed E-state index contributed by atoms with van der Waals surface area (Å²) >= 11 is 1.54. The molecule has 1 saturated heterocycles. The normalized spacial score (nSPS) is 24.0. The summed E-state index contributed by atoms with van der Waals surface area (Å²) in [6.45, 7) is 1.06. The van der Waals surface area contributed by atoms with Gasteiger partial charge in [0.15, 0.2) is 0 Å². The van der Waals surface area contributed by atoms with Crippen LogP contribution in [-0.4, -0.2) is 24.0 Å². The van der Waals surface area contributed by atoms with E-state index < -0.39 is 11.3 Å². The Bertz CT molecular complexity index is 123. The number of rotatable bonds is 2. The molecular formula is C6H11F2NS. The zero-order valence-electron chi connectivity index (χ0n) is 5.86. The summed E-state index contributed by atoms with van der Waals surface area (Å²) in [4.78, 5) is 0. The van der Waals surface area contributed by atoms with E-state index in [9.17, 15) is 8.78 Å². The summed E-state index contributed by atoms with van der Waals surface area (Å²) in [6.07, 6.45) is 0. The van der Waals surface area contributed by atoms with E-state index in [-0.39, 0.29) is 6.54 Å². The molecule has 0 aromatic heterocycles. The molecule has 0 radical (unpaired) electrons. The first-order valence-corrected chi connectivity index (χ1v) is 4.33. The maximum Gasteiger partial charge on any atom is 0.253 e. The molecule has 10 heavy (non-hydrogen) atoms. The highest BCUT2D eigenvalue weighted by Crippen LogP contribution is 2.48. The van der Waals surface area contributed by atoms with Crippen LogP contribution in [-0.2, 0) is 0 Å². The Morgan fingerprint density at radius 2 is 2.10 bits per heavy atom. The van der Waals surface area contributed by atoms with Crippen LogP contribution < -0.4 is 5.73 Å². The van der Waals surface area contributed by atoms with E-state index in [1.54, 1.807) is 0 Å². The number of hydrogen-bond acceptors (Lipinski definition) is 2. The largest absolute Gasteiger partial charge is 0.330 e. The van der Waals surface area contributed by atoms with E-state index in [0.29, 0.717) is 11.5 Å². The predicted molar refractivity (Wildman–Crippen MR) is 39.4 cm³/mol. The zero-order valence-corrected chi connectivity index (χ0v) is 6.68. The molecule has 0 spiro atoms. The first-order valence-electron chi connectivity index (χ1n) is 3.17. The molecule has 1 fully saturated rings. The van der Waals surface area contributed by atoms with Gasteiger partial charge in [0.1, 0.15) is 0 Å². The molecule has 0 unspecified atom stereocenters. The van der Waals surface area contributed by atoms with E-state index in [1.165, 1.54) is 11.8 Å². The van der Waals surface area contributed by atoms with Crippen molar-refractivity contribution < 1.29 is 8.78 Å². The number of hydrogen-bond donors (Lipinski definition) is 1. The molecular weight excluding hydrogens is 156 g/mol. The Labute approximate surface area is 63.4 Å². The van der Waals surface area contributed by atoms with Crippen LogP contribution in [0.15, 0.2) is 0 Å². The molecule has 2 N–H and O–H groups in total. The van der Waals surface area contributed by atoms with Crippen molar-refractivity contribution in [3.8, 4) is 0 Å². The van der Waals surface area contributed by atoms with E-state index in [2.05, 4.69) is 0 Å². The molecule has 0 aromatic carbocycles. The van der Waals surface area contributed by atoms with Gasteiger partial charge in [-0.3, -0.25) is 0 Å². The van der Waals surface area contributed by atoms with Crippen molar-refractivity contribution in [1.29, 1.82) is 0 Å². The van der Waals surface area contributed by atoms with Crippen LogP contribution in [0, 0.1) is 5.41 Å². The lowest BCUT2D eigenvalue weighted by atomic mass is 9.85. The van der Waals surface area contributed by atoms with Gasteiger partial charge in [-0.15, -0.1) is 0 Å². The van der Waals surface area contributed by atoms with Crippen LogP contribution in [0.2, 0.25) is 0 Å². The van der Waals surface area contributed by atoms with Crippen LogP contribution in [0.1, 0.15) is 6.92 Å². The molecule has 1 aliphatic rings. The summed E-state index contributed by atoms with van der Waals surface area (Å²) in [5.74, 6) is -1.59. The third kappa shape index (κ3) is 1.03. The number of nitrogens with two attached hydrogens (primary N) is 1. The highest BCUT2D eigenvalue weighted by Gasteiger charge is 2.53. The van der Waals surface area contributed by atoms with Crippen LogP contribution >= 0.6 is 11.8 Å². The fourth-order valence-electron chi connectivity index (χ4n) is 0.899. The summed E-state index contributed by atoms with van der Waals surface area (Å²) < 4.78 is 25.5. The van der Waals surface area contributed by atoms with Gasteiger partial charge >= 0.3 is 0 Å². The zero-order chi connectivity index (χ0) is 7.83. The Morgan fingerprint density at radius 3 is 2.10 bits per heavy atom. The minimum absolute atomic E-state index is 0.101.